The Morgan fingerprint density at radius 1 is 1.09 bits per heavy atom. The lowest BCUT2D eigenvalue weighted by Gasteiger charge is -2.33. The highest BCUT2D eigenvalue weighted by atomic mass is 16.6. The second kappa shape index (κ2) is 13.2. The molecule has 1 aromatic carbocycles. The van der Waals surface area contributed by atoms with Gasteiger partial charge in [-0.3, -0.25) is 9.59 Å². The van der Waals surface area contributed by atoms with Crippen LogP contribution in [0, 0.1) is 13.8 Å². The van der Waals surface area contributed by atoms with Crippen LogP contribution in [0.5, 0.6) is 0 Å². The van der Waals surface area contributed by atoms with E-state index in [0.29, 0.717) is 6.54 Å². The second-order valence-electron chi connectivity index (χ2n) is 9.76. The van der Waals surface area contributed by atoms with Gasteiger partial charge in [0.1, 0.15) is 18.2 Å². The van der Waals surface area contributed by atoms with E-state index in [1.807, 2.05) is 45.9 Å². The van der Waals surface area contributed by atoms with Crippen LogP contribution in [0.25, 0.3) is 0 Å². The summed E-state index contributed by atoms with van der Waals surface area (Å²) in [6.45, 7) is 15.5. The van der Waals surface area contributed by atoms with Crippen LogP contribution in [0.4, 0.5) is 4.79 Å². The van der Waals surface area contributed by atoms with Crippen molar-refractivity contribution in [3.63, 3.8) is 0 Å². The van der Waals surface area contributed by atoms with E-state index in [4.69, 9.17) is 4.74 Å². The summed E-state index contributed by atoms with van der Waals surface area (Å²) in [4.78, 5) is 40.5. The fourth-order valence-electron chi connectivity index (χ4n) is 3.70. The quantitative estimate of drug-likeness (QED) is 0.495. The Labute approximate surface area is 199 Å². The maximum absolute atomic E-state index is 13.5. The number of benzene rings is 1. The summed E-state index contributed by atoms with van der Waals surface area (Å²) in [5, 5.41) is 5.63. The van der Waals surface area contributed by atoms with Gasteiger partial charge in [-0.2, -0.15) is 0 Å². The summed E-state index contributed by atoms with van der Waals surface area (Å²) in [6.07, 6.45) is 2.77. The molecule has 0 fully saturated rings. The number of carbonyl (C=O) groups is 3. The van der Waals surface area contributed by atoms with Crippen molar-refractivity contribution in [1.29, 1.82) is 0 Å². The van der Waals surface area contributed by atoms with E-state index in [9.17, 15) is 14.4 Å². The summed E-state index contributed by atoms with van der Waals surface area (Å²) in [5.41, 5.74) is 2.18. The molecule has 7 heteroatoms. The van der Waals surface area contributed by atoms with Gasteiger partial charge >= 0.3 is 6.09 Å². The summed E-state index contributed by atoms with van der Waals surface area (Å²) in [7, 11) is 0. The average molecular weight is 462 g/mol. The number of nitrogens with one attached hydrogen (secondary N) is 2. The van der Waals surface area contributed by atoms with Crippen LogP contribution in [0.15, 0.2) is 18.2 Å². The lowest BCUT2D eigenvalue weighted by Crippen LogP contribution is -2.49. The molecule has 2 atom stereocenters. The zero-order valence-corrected chi connectivity index (χ0v) is 21.7. The first-order valence-electron chi connectivity index (χ1n) is 12.0. The third kappa shape index (κ3) is 9.84. The van der Waals surface area contributed by atoms with Gasteiger partial charge in [0, 0.05) is 12.6 Å². The molecule has 33 heavy (non-hydrogen) atoms. The molecule has 2 N–H and O–H groups in total. The number of ether oxygens (including phenoxy) is 1. The van der Waals surface area contributed by atoms with Crippen LogP contribution < -0.4 is 10.6 Å². The van der Waals surface area contributed by atoms with Crippen LogP contribution in [0.3, 0.4) is 0 Å². The summed E-state index contributed by atoms with van der Waals surface area (Å²) < 4.78 is 5.25. The number of unbranched alkanes of at least 4 members (excludes halogenated alkanes) is 1. The van der Waals surface area contributed by atoms with E-state index in [1.165, 1.54) is 0 Å². The predicted molar refractivity (Wildman–Crippen MR) is 132 cm³/mol. The molecular formula is C26H43N3O4. The molecule has 2 unspecified atom stereocenters. The lowest BCUT2D eigenvalue weighted by molar-refractivity contribution is -0.140. The van der Waals surface area contributed by atoms with Gasteiger partial charge < -0.3 is 20.3 Å². The molecule has 7 nitrogen and oxygen atoms in total. The summed E-state index contributed by atoms with van der Waals surface area (Å²) in [5.74, 6) is -0.526. The van der Waals surface area contributed by atoms with Gasteiger partial charge in [0.25, 0.3) is 0 Å². The van der Waals surface area contributed by atoms with Crippen LogP contribution in [-0.4, -0.2) is 47.5 Å². The standard InChI is InChI=1S/C26H43N3O4/c1-9-11-15-29(22(30)17-27-25(32)33-26(6,7)8)23(24(31)28-20(5)12-10-2)21-14-13-18(3)16-19(21)4/h13-14,16,20,23H,9-12,15,17H2,1-8H3,(H,27,32)(H,28,31). The maximum atomic E-state index is 13.5. The fourth-order valence-corrected chi connectivity index (χ4v) is 3.70. The van der Waals surface area contributed by atoms with E-state index >= 15 is 0 Å². The van der Waals surface area contributed by atoms with Crippen molar-refractivity contribution in [3.8, 4) is 0 Å². The van der Waals surface area contributed by atoms with Gasteiger partial charge in [-0.25, -0.2) is 4.79 Å². The summed E-state index contributed by atoms with van der Waals surface area (Å²) >= 11 is 0. The Kier molecular flexibility index (Phi) is 11.4. The first kappa shape index (κ1) is 28.5. The second-order valence-corrected chi connectivity index (χ2v) is 9.76. The van der Waals surface area contributed by atoms with Crippen LogP contribution >= 0.6 is 0 Å². The van der Waals surface area contributed by atoms with Crippen molar-refractivity contribution >= 4 is 17.9 Å². The highest BCUT2D eigenvalue weighted by Crippen LogP contribution is 2.26. The minimum Gasteiger partial charge on any atom is -0.444 e. The van der Waals surface area contributed by atoms with E-state index in [-0.39, 0.29) is 24.4 Å². The molecule has 3 amide bonds. The number of hydrogen-bond donors (Lipinski definition) is 2. The molecule has 0 heterocycles. The van der Waals surface area contributed by atoms with Crippen molar-refractivity contribution in [2.45, 2.75) is 98.8 Å². The number of nitrogens with zero attached hydrogens (tertiary/aromatic N) is 1. The number of aryl methyl sites for hydroxylation is 2. The Morgan fingerprint density at radius 2 is 1.76 bits per heavy atom. The van der Waals surface area contributed by atoms with E-state index in [1.54, 1.807) is 25.7 Å². The monoisotopic (exact) mass is 461 g/mol. The minimum atomic E-state index is -0.774. The maximum Gasteiger partial charge on any atom is 0.408 e. The molecule has 186 valence electrons. The zero-order valence-electron chi connectivity index (χ0n) is 21.7. The molecule has 0 bridgehead atoms. The lowest BCUT2D eigenvalue weighted by atomic mass is 9.96. The van der Waals surface area contributed by atoms with Gasteiger partial charge in [0.15, 0.2) is 0 Å². The van der Waals surface area contributed by atoms with Gasteiger partial charge in [0.05, 0.1) is 0 Å². The largest absolute Gasteiger partial charge is 0.444 e. The zero-order chi connectivity index (χ0) is 25.2. The topological polar surface area (TPSA) is 87.7 Å². The third-order valence-corrected chi connectivity index (χ3v) is 5.25. The molecule has 0 spiro atoms. The van der Waals surface area contributed by atoms with Crippen molar-refractivity contribution in [2.75, 3.05) is 13.1 Å². The predicted octanol–water partition coefficient (Wildman–Crippen LogP) is 4.80. The minimum absolute atomic E-state index is 0.00114. The Hall–Kier alpha value is -2.57. The Balaban J connectivity index is 3.25. The number of rotatable bonds is 11. The highest BCUT2D eigenvalue weighted by molar-refractivity contribution is 5.90. The SMILES string of the molecule is CCCCN(C(=O)CNC(=O)OC(C)(C)C)C(C(=O)NC(C)CCC)c1ccc(C)cc1C. The van der Waals surface area contributed by atoms with E-state index in [2.05, 4.69) is 17.6 Å². The average Bonchev–Trinajstić information content (AvgIpc) is 2.69. The first-order chi connectivity index (χ1) is 15.4. The van der Waals surface area contributed by atoms with Crippen LogP contribution in [0.2, 0.25) is 0 Å². The Bertz CT molecular complexity index is 801. The third-order valence-electron chi connectivity index (χ3n) is 5.25. The summed E-state index contributed by atoms with van der Waals surface area (Å²) in [6, 6.07) is 5.13. The molecule has 1 rings (SSSR count). The Morgan fingerprint density at radius 3 is 2.30 bits per heavy atom. The van der Waals surface area contributed by atoms with Crippen LogP contribution in [0.1, 0.15) is 90.0 Å². The first-order valence-corrected chi connectivity index (χ1v) is 12.0. The molecule has 0 aromatic heterocycles. The number of hydrogen-bond acceptors (Lipinski definition) is 4. The smallest absolute Gasteiger partial charge is 0.408 e. The van der Waals surface area contributed by atoms with Crippen molar-refractivity contribution < 1.29 is 19.1 Å². The van der Waals surface area contributed by atoms with Crippen molar-refractivity contribution in [2.24, 2.45) is 0 Å². The van der Waals surface area contributed by atoms with Gasteiger partial charge in [0.2, 0.25) is 11.8 Å². The molecule has 0 saturated heterocycles. The van der Waals surface area contributed by atoms with Gasteiger partial charge in [-0.05, 0) is 65.5 Å². The molecule has 0 aliphatic carbocycles. The van der Waals surface area contributed by atoms with Gasteiger partial charge in [-0.1, -0.05) is 50.5 Å². The van der Waals surface area contributed by atoms with Gasteiger partial charge in [-0.15, -0.1) is 0 Å². The van der Waals surface area contributed by atoms with Crippen LogP contribution in [-0.2, 0) is 14.3 Å². The van der Waals surface area contributed by atoms with Crippen molar-refractivity contribution in [1.82, 2.24) is 15.5 Å². The number of amides is 3. The molecule has 0 aliphatic heterocycles. The molecule has 1 aromatic rings. The molecule has 0 saturated carbocycles. The normalized spacial score (nSPS) is 13.1. The highest BCUT2D eigenvalue weighted by Gasteiger charge is 2.33. The molecule has 0 radical (unpaired) electrons. The van der Waals surface area contributed by atoms with E-state index in [0.717, 1.165) is 42.4 Å². The fraction of sp³-hybridized carbons (Fsp3) is 0.654. The molecule has 0 aliphatic rings. The number of alkyl carbamates (subject to hydrolysis) is 1. The number of carbonyl (C=O) groups excluding carboxylic acids is 3. The molecular weight excluding hydrogens is 418 g/mol. The van der Waals surface area contributed by atoms with E-state index < -0.39 is 17.7 Å². The van der Waals surface area contributed by atoms with Crippen molar-refractivity contribution in [3.05, 3.63) is 34.9 Å².